The maximum atomic E-state index is 12.2. The molecular formula is C18H19N3O3. The van der Waals surface area contributed by atoms with Gasteiger partial charge in [-0.2, -0.15) is 0 Å². The first-order valence-corrected chi connectivity index (χ1v) is 7.65. The van der Waals surface area contributed by atoms with Crippen molar-refractivity contribution >= 4 is 23.0 Å². The summed E-state index contributed by atoms with van der Waals surface area (Å²) < 4.78 is 1.17. The molecular weight excluding hydrogens is 306 g/mol. The lowest BCUT2D eigenvalue weighted by Gasteiger charge is -2.23. The van der Waals surface area contributed by atoms with E-state index in [9.17, 15) is 14.7 Å². The average molecular weight is 325 g/mol. The second-order valence-corrected chi connectivity index (χ2v) is 6.78. The van der Waals surface area contributed by atoms with Crippen LogP contribution in [0.15, 0.2) is 38.8 Å². The van der Waals surface area contributed by atoms with E-state index in [0.717, 1.165) is 22.5 Å². The van der Waals surface area contributed by atoms with Crippen molar-refractivity contribution in [3.8, 4) is 5.88 Å². The van der Waals surface area contributed by atoms with Crippen molar-refractivity contribution in [2.45, 2.75) is 33.2 Å². The van der Waals surface area contributed by atoms with E-state index >= 15 is 0 Å². The molecule has 124 valence electrons. The van der Waals surface area contributed by atoms with Crippen molar-refractivity contribution in [2.75, 3.05) is 0 Å². The number of nitrogens with zero attached hydrogens (tertiary/aromatic N) is 2. The number of hydrogen-bond acceptors (Lipinski definition) is 4. The molecule has 0 unspecified atom stereocenters. The summed E-state index contributed by atoms with van der Waals surface area (Å²) in [6.45, 7) is 7.18. The predicted molar refractivity (Wildman–Crippen MR) is 95.1 cm³/mol. The normalized spacial score (nSPS) is 15.5. The molecule has 0 fully saturated rings. The first-order chi connectivity index (χ1) is 11.2. The highest BCUT2D eigenvalue weighted by Crippen LogP contribution is 2.36. The molecule has 2 heterocycles. The van der Waals surface area contributed by atoms with E-state index in [1.54, 1.807) is 26.8 Å². The van der Waals surface area contributed by atoms with Crippen LogP contribution in [0.1, 0.15) is 38.8 Å². The van der Waals surface area contributed by atoms with Crippen LogP contribution < -0.4 is 11.2 Å². The summed E-state index contributed by atoms with van der Waals surface area (Å²) in [5.74, 6) is -0.346. The lowest BCUT2D eigenvalue weighted by atomic mass is 10.0. The Labute approximate surface area is 138 Å². The molecule has 0 spiro atoms. The van der Waals surface area contributed by atoms with Gasteiger partial charge < -0.3 is 5.11 Å². The molecule has 1 aromatic heterocycles. The smallest absolute Gasteiger partial charge is 0.331 e. The molecule has 2 aromatic rings. The molecule has 0 saturated carbocycles. The topological polar surface area (TPSA) is 87.4 Å². The second kappa shape index (κ2) is 5.33. The van der Waals surface area contributed by atoms with Crippen molar-refractivity contribution < 1.29 is 5.11 Å². The number of nitrogens with one attached hydrogen (secondary N) is 1. The largest absolute Gasteiger partial charge is 0.494 e. The quantitative estimate of drug-likeness (QED) is 0.845. The van der Waals surface area contributed by atoms with Crippen LogP contribution in [0.25, 0.3) is 11.6 Å². The molecule has 1 aromatic carbocycles. The molecule has 1 aliphatic rings. The Kier molecular flexibility index (Phi) is 3.55. The van der Waals surface area contributed by atoms with Crippen LogP contribution in [0.2, 0.25) is 0 Å². The summed E-state index contributed by atoms with van der Waals surface area (Å²) in [5, 5.41) is 10.5. The Morgan fingerprint density at radius 3 is 2.54 bits per heavy atom. The zero-order valence-corrected chi connectivity index (χ0v) is 14.0. The number of hydrogen-bond donors (Lipinski definition) is 2. The molecule has 24 heavy (non-hydrogen) atoms. The number of rotatable bonds is 1. The molecule has 0 amide bonds. The zero-order chi connectivity index (χ0) is 17.6. The van der Waals surface area contributed by atoms with Gasteiger partial charge in [-0.15, -0.1) is 0 Å². The van der Waals surface area contributed by atoms with Gasteiger partial charge >= 0.3 is 5.69 Å². The van der Waals surface area contributed by atoms with Crippen LogP contribution in [-0.2, 0) is 5.54 Å². The summed E-state index contributed by atoms with van der Waals surface area (Å²) in [4.78, 5) is 31.0. The van der Waals surface area contributed by atoms with Crippen molar-refractivity contribution in [3.05, 3.63) is 56.2 Å². The van der Waals surface area contributed by atoms with Crippen molar-refractivity contribution in [1.82, 2.24) is 9.55 Å². The van der Waals surface area contributed by atoms with Gasteiger partial charge in [-0.1, -0.05) is 18.2 Å². The number of aromatic amines is 1. The number of aliphatic imine (C=N–C) groups is 1. The molecule has 0 atom stereocenters. The minimum Gasteiger partial charge on any atom is -0.494 e. The second-order valence-electron chi connectivity index (χ2n) is 6.78. The standard InChI is InChI=1S/C18H19N3O3/c1-10-12(11-7-5-6-8-14(11)19-10)9-13-15(22)20-17(24)21(16(13)23)18(2,3)4/h5-9,23H,1-4H3,(H,20,22,24)/b12-9+. The molecule has 2 N–H and O–H groups in total. The van der Waals surface area contributed by atoms with Crippen LogP contribution in [-0.4, -0.2) is 20.4 Å². The van der Waals surface area contributed by atoms with Crippen LogP contribution >= 0.6 is 0 Å². The van der Waals surface area contributed by atoms with Gasteiger partial charge in [0.15, 0.2) is 0 Å². The van der Waals surface area contributed by atoms with Gasteiger partial charge in [0.2, 0.25) is 5.88 Å². The highest BCUT2D eigenvalue weighted by atomic mass is 16.3. The monoisotopic (exact) mass is 325 g/mol. The van der Waals surface area contributed by atoms with Gasteiger partial charge in [0.1, 0.15) is 5.56 Å². The molecule has 3 rings (SSSR count). The maximum absolute atomic E-state index is 12.2. The fraction of sp³-hybridized carbons (Fsp3) is 0.278. The highest BCUT2D eigenvalue weighted by molar-refractivity contribution is 6.31. The molecule has 6 nitrogen and oxygen atoms in total. The van der Waals surface area contributed by atoms with Crippen LogP contribution in [0, 0.1) is 0 Å². The van der Waals surface area contributed by atoms with Gasteiger partial charge in [-0.05, 0) is 39.8 Å². The molecule has 0 bridgehead atoms. The maximum Gasteiger partial charge on any atom is 0.331 e. The first-order valence-electron chi connectivity index (χ1n) is 7.65. The minimum atomic E-state index is -0.671. The Hall–Kier alpha value is -2.89. The molecule has 6 heteroatoms. The van der Waals surface area contributed by atoms with E-state index in [-0.39, 0.29) is 11.4 Å². The van der Waals surface area contributed by atoms with Crippen molar-refractivity contribution in [3.63, 3.8) is 0 Å². The van der Waals surface area contributed by atoms with Crippen molar-refractivity contribution in [2.24, 2.45) is 4.99 Å². The number of allylic oxidation sites excluding steroid dienone is 1. The lowest BCUT2D eigenvalue weighted by molar-refractivity contribution is 0.305. The van der Waals surface area contributed by atoms with E-state index in [2.05, 4.69) is 9.98 Å². The van der Waals surface area contributed by atoms with Crippen LogP contribution in [0.3, 0.4) is 0 Å². The van der Waals surface area contributed by atoms with E-state index < -0.39 is 16.8 Å². The minimum absolute atomic E-state index is 0.0470. The Morgan fingerprint density at radius 2 is 1.88 bits per heavy atom. The number of fused-ring (bicyclic) bond motifs is 1. The Balaban J connectivity index is 2.28. The number of aromatic hydroxyl groups is 1. The van der Waals surface area contributed by atoms with Gasteiger partial charge in [0.05, 0.1) is 5.69 Å². The van der Waals surface area contributed by atoms with Crippen molar-refractivity contribution in [1.29, 1.82) is 0 Å². The average Bonchev–Trinajstić information content (AvgIpc) is 2.77. The van der Waals surface area contributed by atoms with E-state index in [0.29, 0.717) is 0 Å². The van der Waals surface area contributed by atoms with Gasteiger partial charge in [-0.25, -0.2) is 4.79 Å². The highest BCUT2D eigenvalue weighted by Gasteiger charge is 2.24. The van der Waals surface area contributed by atoms with E-state index in [4.69, 9.17) is 0 Å². The fourth-order valence-corrected chi connectivity index (χ4v) is 2.85. The summed E-state index contributed by atoms with van der Waals surface area (Å²) in [6.07, 6.45) is 1.58. The lowest BCUT2D eigenvalue weighted by Crippen LogP contribution is -2.39. The van der Waals surface area contributed by atoms with Gasteiger partial charge in [0, 0.05) is 22.4 Å². The zero-order valence-electron chi connectivity index (χ0n) is 14.0. The van der Waals surface area contributed by atoms with Crippen LogP contribution in [0.4, 0.5) is 5.69 Å². The first kappa shape index (κ1) is 16.0. The molecule has 0 saturated heterocycles. The molecule has 0 aliphatic carbocycles. The third-order valence-corrected chi connectivity index (χ3v) is 3.95. The third-order valence-electron chi connectivity index (χ3n) is 3.95. The van der Waals surface area contributed by atoms with E-state index in [1.165, 1.54) is 4.57 Å². The van der Waals surface area contributed by atoms with Crippen LogP contribution in [0.5, 0.6) is 5.88 Å². The summed E-state index contributed by atoms with van der Waals surface area (Å²) in [5.41, 5.74) is 1.34. The Morgan fingerprint density at radius 1 is 1.21 bits per heavy atom. The number of benzene rings is 1. The number of H-pyrrole nitrogens is 1. The van der Waals surface area contributed by atoms with Gasteiger partial charge in [-0.3, -0.25) is 19.3 Å². The molecule has 1 aliphatic heterocycles. The summed E-state index contributed by atoms with van der Waals surface area (Å²) in [6, 6.07) is 7.58. The number of aromatic nitrogens is 2. The van der Waals surface area contributed by atoms with E-state index in [1.807, 2.05) is 31.2 Å². The summed E-state index contributed by atoms with van der Waals surface area (Å²) in [7, 11) is 0. The Bertz CT molecular complexity index is 1000. The number of para-hydroxylation sites is 1. The third kappa shape index (κ3) is 2.50. The SMILES string of the molecule is CC1=Nc2ccccc2/C1=C/c1c(O)n(C(C)(C)C)c(=O)[nH]c1=O. The molecule has 0 radical (unpaired) electrons. The van der Waals surface area contributed by atoms with Gasteiger partial charge in [0.25, 0.3) is 5.56 Å². The predicted octanol–water partition coefficient (Wildman–Crippen LogP) is 2.64. The fourth-order valence-electron chi connectivity index (χ4n) is 2.85. The summed E-state index contributed by atoms with van der Waals surface area (Å²) >= 11 is 0.